The predicted octanol–water partition coefficient (Wildman–Crippen LogP) is 3.07. The number of anilines is 2. The molecule has 2 aromatic heterocycles. The summed E-state index contributed by atoms with van der Waals surface area (Å²) in [6.07, 6.45) is 3.73. The fraction of sp³-hybridized carbons (Fsp3) is 0.292. The molecule has 0 radical (unpaired) electrons. The van der Waals surface area contributed by atoms with E-state index in [4.69, 9.17) is 16.3 Å². The summed E-state index contributed by atoms with van der Waals surface area (Å²) in [4.78, 5) is 42.0. The van der Waals surface area contributed by atoms with Crippen LogP contribution >= 0.6 is 11.6 Å². The van der Waals surface area contributed by atoms with Crippen LogP contribution in [0.2, 0.25) is 5.02 Å². The van der Waals surface area contributed by atoms with E-state index in [0.717, 1.165) is 5.56 Å². The van der Waals surface area contributed by atoms with Crippen molar-refractivity contribution in [3.05, 3.63) is 71.1 Å². The smallest absolute Gasteiger partial charge is 0.275 e. The Hall–Kier alpha value is -3.72. The third-order valence-electron chi connectivity index (χ3n) is 5.36. The molecule has 1 fully saturated rings. The van der Waals surface area contributed by atoms with Crippen LogP contribution in [-0.4, -0.2) is 64.5 Å². The quantitative estimate of drug-likeness (QED) is 0.554. The summed E-state index contributed by atoms with van der Waals surface area (Å²) in [7, 11) is 0. The first kappa shape index (κ1) is 23.4. The van der Waals surface area contributed by atoms with Crippen molar-refractivity contribution in [3.63, 3.8) is 0 Å². The van der Waals surface area contributed by atoms with Gasteiger partial charge in [-0.05, 0) is 36.8 Å². The van der Waals surface area contributed by atoms with Gasteiger partial charge in [-0.25, -0.2) is 15.0 Å². The van der Waals surface area contributed by atoms with Gasteiger partial charge in [0.2, 0.25) is 17.7 Å². The van der Waals surface area contributed by atoms with Gasteiger partial charge in [-0.3, -0.25) is 9.59 Å². The van der Waals surface area contributed by atoms with Crippen LogP contribution in [0.5, 0.6) is 5.88 Å². The van der Waals surface area contributed by atoms with Crippen LogP contribution in [0.15, 0.2) is 54.9 Å². The maximum Gasteiger partial charge on any atom is 0.275 e. The van der Waals surface area contributed by atoms with Crippen LogP contribution in [0, 0.1) is 0 Å². The van der Waals surface area contributed by atoms with Gasteiger partial charge in [-0.1, -0.05) is 23.7 Å². The topological polar surface area (TPSA) is 101 Å². The van der Waals surface area contributed by atoms with Crippen LogP contribution in [0.4, 0.5) is 11.6 Å². The molecule has 34 heavy (non-hydrogen) atoms. The van der Waals surface area contributed by atoms with Crippen LogP contribution in [0.3, 0.4) is 0 Å². The van der Waals surface area contributed by atoms with E-state index in [0.29, 0.717) is 56.7 Å². The minimum Gasteiger partial charge on any atom is -0.478 e. The Morgan fingerprint density at radius 2 is 1.74 bits per heavy atom. The fourth-order valence-electron chi connectivity index (χ4n) is 3.60. The lowest BCUT2D eigenvalue weighted by Crippen LogP contribution is -2.49. The highest BCUT2D eigenvalue weighted by Crippen LogP contribution is 2.20. The first-order chi connectivity index (χ1) is 16.5. The number of benzene rings is 1. The van der Waals surface area contributed by atoms with Crippen LogP contribution < -0.4 is 15.0 Å². The van der Waals surface area contributed by atoms with E-state index >= 15 is 0 Å². The number of amides is 2. The van der Waals surface area contributed by atoms with Crippen molar-refractivity contribution in [2.75, 3.05) is 43.0 Å². The molecule has 0 atom stereocenters. The van der Waals surface area contributed by atoms with E-state index < -0.39 is 5.91 Å². The van der Waals surface area contributed by atoms with Gasteiger partial charge in [0.25, 0.3) is 5.91 Å². The van der Waals surface area contributed by atoms with Crippen molar-refractivity contribution < 1.29 is 14.3 Å². The second kappa shape index (κ2) is 10.9. The van der Waals surface area contributed by atoms with Gasteiger partial charge in [-0.15, -0.1) is 0 Å². The first-order valence-electron chi connectivity index (χ1n) is 11.0. The number of carbonyl (C=O) groups excluding carboxylic acids is 2. The molecule has 176 valence electrons. The zero-order chi connectivity index (χ0) is 23.9. The lowest BCUT2D eigenvalue weighted by Gasteiger charge is -2.34. The first-order valence-corrected chi connectivity index (χ1v) is 11.4. The average molecular weight is 481 g/mol. The Kier molecular flexibility index (Phi) is 7.54. The Balaban J connectivity index is 1.30. The maximum absolute atomic E-state index is 12.8. The molecule has 0 spiro atoms. The number of nitrogens with zero attached hydrogens (tertiary/aromatic N) is 5. The lowest BCUT2D eigenvalue weighted by molar-refractivity contribution is -0.130. The Morgan fingerprint density at radius 1 is 1.03 bits per heavy atom. The van der Waals surface area contributed by atoms with Gasteiger partial charge in [0.05, 0.1) is 18.1 Å². The second-order valence-electron chi connectivity index (χ2n) is 7.66. The largest absolute Gasteiger partial charge is 0.478 e. The fourth-order valence-corrected chi connectivity index (χ4v) is 3.80. The number of pyridine rings is 1. The molecule has 1 aliphatic rings. The minimum atomic E-state index is -0.435. The van der Waals surface area contributed by atoms with Crippen LogP contribution in [0.1, 0.15) is 23.0 Å². The normalized spacial score (nSPS) is 13.5. The van der Waals surface area contributed by atoms with Crippen LogP contribution in [-0.2, 0) is 11.2 Å². The van der Waals surface area contributed by atoms with Gasteiger partial charge in [-0.2, -0.15) is 0 Å². The number of hydrogen-bond acceptors (Lipinski definition) is 7. The molecule has 3 heterocycles. The van der Waals surface area contributed by atoms with Crippen molar-refractivity contribution >= 4 is 35.1 Å². The van der Waals surface area contributed by atoms with Crippen molar-refractivity contribution in [2.45, 2.75) is 13.3 Å². The van der Waals surface area contributed by atoms with E-state index in [1.165, 1.54) is 0 Å². The number of halogens is 1. The molecular weight excluding hydrogens is 456 g/mol. The minimum absolute atomic E-state index is 0.0640. The molecule has 1 saturated heterocycles. The average Bonchev–Trinajstić information content (AvgIpc) is 2.87. The predicted molar refractivity (Wildman–Crippen MR) is 129 cm³/mol. The number of carbonyl (C=O) groups is 2. The standard InChI is InChI=1S/C24H25ClN6O3/c1-2-34-20-9-8-19(25)22(29-20)23(33)28-18-6-4-17(5-7-18)16-21(32)30-12-14-31(15-13-30)24-26-10-3-11-27-24/h3-11H,2,12-16H2,1H3,(H,28,33). The number of rotatable bonds is 7. The molecular formula is C24H25ClN6O3. The molecule has 9 nitrogen and oxygen atoms in total. The zero-order valence-corrected chi connectivity index (χ0v) is 19.5. The summed E-state index contributed by atoms with van der Waals surface area (Å²) >= 11 is 6.13. The molecule has 1 aromatic carbocycles. The van der Waals surface area contributed by atoms with Gasteiger partial charge < -0.3 is 19.9 Å². The summed E-state index contributed by atoms with van der Waals surface area (Å²) in [5, 5.41) is 3.02. The number of aromatic nitrogens is 3. The zero-order valence-electron chi connectivity index (χ0n) is 18.8. The molecule has 3 aromatic rings. The lowest BCUT2D eigenvalue weighted by atomic mass is 10.1. The highest BCUT2D eigenvalue weighted by atomic mass is 35.5. The summed E-state index contributed by atoms with van der Waals surface area (Å²) in [6.45, 7) is 4.91. The number of nitrogens with one attached hydrogen (secondary N) is 1. The molecule has 0 aliphatic carbocycles. The third kappa shape index (κ3) is 5.79. The molecule has 0 bridgehead atoms. The van der Waals surface area contributed by atoms with Gasteiger partial charge in [0.1, 0.15) is 0 Å². The van der Waals surface area contributed by atoms with Gasteiger partial charge >= 0.3 is 0 Å². The van der Waals surface area contributed by atoms with Crippen molar-refractivity contribution in [3.8, 4) is 5.88 Å². The third-order valence-corrected chi connectivity index (χ3v) is 5.67. The molecule has 1 N–H and O–H groups in total. The number of piperazine rings is 1. The van der Waals surface area contributed by atoms with E-state index in [2.05, 4.69) is 25.2 Å². The number of hydrogen-bond donors (Lipinski definition) is 1. The molecule has 0 unspecified atom stereocenters. The Morgan fingerprint density at radius 3 is 2.41 bits per heavy atom. The number of ether oxygens (including phenoxy) is 1. The summed E-state index contributed by atoms with van der Waals surface area (Å²) in [5.74, 6) is 0.654. The molecule has 4 rings (SSSR count). The maximum atomic E-state index is 12.8. The van der Waals surface area contributed by atoms with E-state index in [1.807, 2.05) is 24.0 Å². The summed E-state index contributed by atoms with van der Waals surface area (Å²) < 4.78 is 5.34. The van der Waals surface area contributed by atoms with Gasteiger partial charge in [0, 0.05) is 50.3 Å². The summed E-state index contributed by atoms with van der Waals surface area (Å²) in [5.41, 5.74) is 1.54. The molecule has 2 amide bonds. The highest BCUT2D eigenvalue weighted by molar-refractivity contribution is 6.34. The van der Waals surface area contributed by atoms with Crippen molar-refractivity contribution in [2.24, 2.45) is 0 Å². The van der Waals surface area contributed by atoms with Crippen molar-refractivity contribution in [1.29, 1.82) is 0 Å². The van der Waals surface area contributed by atoms with Gasteiger partial charge in [0.15, 0.2) is 5.69 Å². The van der Waals surface area contributed by atoms with E-state index in [9.17, 15) is 9.59 Å². The van der Waals surface area contributed by atoms with E-state index in [1.54, 1.807) is 42.7 Å². The second-order valence-corrected chi connectivity index (χ2v) is 8.06. The SMILES string of the molecule is CCOc1ccc(Cl)c(C(=O)Nc2ccc(CC(=O)N3CCN(c4ncccn4)CC3)cc2)n1. The monoisotopic (exact) mass is 480 g/mol. The molecule has 0 saturated carbocycles. The van der Waals surface area contributed by atoms with Crippen molar-refractivity contribution in [1.82, 2.24) is 19.9 Å². The Bertz CT molecular complexity index is 1140. The van der Waals surface area contributed by atoms with E-state index in [-0.39, 0.29) is 16.6 Å². The van der Waals surface area contributed by atoms with Crippen LogP contribution in [0.25, 0.3) is 0 Å². The highest BCUT2D eigenvalue weighted by Gasteiger charge is 2.22. The Labute approximate surface area is 202 Å². The summed E-state index contributed by atoms with van der Waals surface area (Å²) in [6, 6.07) is 12.1. The molecule has 1 aliphatic heterocycles. The molecule has 10 heteroatoms.